The minimum Gasteiger partial charge on any atom is -0.311 e. The molecule has 66 valence electrons. The summed E-state index contributed by atoms with van der Waals surface area (Å²) in [4.78, 5) is 0. The molecule has 3 heteroatoms. The van der Waals surface area contributed by atoms with Crippen molar-refractivity contribution in [3.05, 3.63) is 34.9 Å². The zero-order valence-corrected chi connectivity index (χ0v) is 8.20. The topological polar surface area (TPSA) is 12.0 Å². The second-order valence-electron chi connectivity index (χ2n) is 2.49. The van der Waals surface area contributed by atoms with Crippen molar-refractivity contribution >= 4 is 23.2 Å². The van der Waals surface area contributed by atoms with Crippen molar-refractivity contribution in [1.29, 1.82) is 0 Å². The van der Waals surface area contributed by atoms with Crippen molar-refractivity contribution in [3.8, 4) is 0 Å². The highest BCUT2D eigenvalue weighted by Crippen LogP contribution is 2.08. The van der Waals surface area contributed by atoms with Gasteiger partial charge in [-0.05, 0) is 17.7 Å². The van der Waals surface area contributed by atoms with Gasteiger partial charge in [0.1, 0.15) is 0 Å². The summed E-state index contributed by atoms with van der Waals surface area (Å²) in [5.41, 5.74) is 1.23. The maximum atomic E-state index is 5.73. The first-order chi connectivity index (χ1) is 5.83. The Balaban J connectivity index is 2.37. The molecule has 1 rings (SSSR count). The summed E-state index contributed by atoms with van der Waals surface area (Å²) in [5.74, 6) is 0.646. The van der Waals surface area contributed by atoms with Gasteiger partial charge in [0.25, 0.3) is 0 Å². The van der Waals surface area contributed by atoms with Gasteiger partial charge in [0, 0.05) is 24.0 Å². The Kier molecular flexibility index (Phi) is 4.44. The van der Waals surface area contributed by atoms with Gasteiger partial charge in [0.15, 0.2) is 0 Å². The molecule has 0 aromatic heterocycles. The van der Waals surface area contributed by atoms with E-state index < -0.39 is 0 Å². The maximum Gasteiger partial charge on any atom is 0.0406 e. The number of alkyl halides is 1. The molecule has 0 saturated heterocycles. The maximum absolute atomic E-state index is 5.73. The van der Waals surface area contributed by atoms with Gasteiger partial charge < -0.3 is 5.32 Å². The molecule has 0 heterocycles. The smallest absolute Gasteiger partial charge is 0.0406 e. The lowest BCUT2D eigenvalue weighted by molar-refractivity contribution is 0.730. The molecular formula is C9H11Cl2N. The van der Waals surface area contributed by atoms with E-state index in [-0.39, 0.29) is 0 Å². The molecular weight excluding hydrogens is 193 g/mol. The lowest BCUT2D eigenvalue weighted by Crippen LogP contribution is -2.15. The number of halogens is 2. The van der Waals surface area contributed by atoms with Crippen LogP contribution in [0.1, 0.15) is 5.56 Å². The third-order valence-corrected chi connectivity index (χ3v) is 1.95. The Bertz CT molecular complexity index is 220. The number of benzene rings is 1. The van der Waals surface area contributed by atoms with E-state index in [0.717, 1.165) is 18.1 Å². The number of hydrogen-bond donors (Lipinski definition) is 1. The van der Waals surface area contributed by atoms with E-state index in [1.54, 1.807) is 0 Å². The van der Waals surface area contributed by atoms with Crippen LogP contribution in [0, 0.1) is 0 Å². The molecule has 0 aliphatic heterocycles. The van der Waals surface area contributed by atoms with Crippen molar-refractivity contribution in [2.24, 2.45) is 0 Å². The van der Waals surface area contributed by atoms with Crippen molar-refractivity contribution in [1.82, 2.24) is 5.32 Å². The molecule has 0 saturated carbocycles. The van der Waals surface area contributed by atoms with Crippen molar-refractivity contribution < 1.29 is 0 Å². The molecule has 1 nitrogen and oxygen atoms in total. The Labute approximate surface area is 82.7 Å². The molecule has 0 fully saturated rings. The highest BCUT2D eigenvalue weighted by molar-refractivity contribution is 6.30. The fraction of sp³-hybridized carbons (Fsp3) is 0.333. The first-order valence-electron chi connectivity index (χ1n) is 3.84. The second-order valence-corrected chi connectivity index (χ2v) is 3.31. The molecule has 0 bridgehead atoms. The van der Waals surface area contributed by atoms with Crippen molar-refractivity contribution in [3.63, 3.8) is 0 Å². The molecule has 1 N–H and O–H groups in total. The first kappa shape index (κ1) is 9.85. The van der Waals surface area contributed by atoms with Gasteiger partial charge in [-0.15, -0.1) is 11.6 Å². The van der Waals surface area contributed by atoms with E-state index >= 15 is 0 Å². The second kappa shape index (κ2) is 5.41. The SMILES string of the molecule is ClCCNCc1ccc(Cl)cc1. The summed E-state index contributed by atoms with van der Waals surface area (Å²) < 4.78 is 0. The number of rotatable bonds is 4. The summed E-state index contributed by atoms with van der Waals surface area (Å²) in [7, 11) is 0. The average Bonchev–Trinajstić information content (AvgIpc) is 2.09. The molecule has 0 spiro atoms. The van der Waals surface area contributed by atoms with Gasteiger partial charge in [0.2, 0.25) is 0 Å². The van der Waals surface area contributed by atoms with Crippen LogP contribution in [0.25, 0.3) is 0 Å². The fourth-order valence-corrected chi connectivity index (χ4v) is 1.16. The molecule has 0 radical (unpaired) electrons. The van der Waals surface area contributed by atoms with Crippen LogP contribution in [-0.4, -0.2) is 12.4 Å². The Morgan fingerprint density at radius 2 is 1.83 bits per heavy atom. The minimum absolute atomic E-state index is 0.646. The molecule has 1 aromatic carbocycles. The van der Waals surface area contributed by atoms with Crippen LogP contribution in [0.3, 0.4) is 0 Å². The monoisotopic (exact) mass is 203 g/mol. The predicted molar refractivity (Wildman–Crippen MR) is 53.9 cm³/mol. The van der Waals surface area contributed by atoms with Crippen LogP contribution < -0.4 is 5.32 Å². The normalized spacial score (nSPS) is 10.2. The molecule has 0 aliphatic carbocycles. The van der Waals surface area contributed by atoms with Gasteiger partial charge >= 0.3 is 0 Å². The first-order valence-corrected chi connectivity index (χ1v) is 4.75. The van der Waals surface area contributed by atoms with Gasteiger partial charge in [-0.2, -0.15) is 0 Å². The van der Waals surface area contributed by atoms with Crippen LogP contribution in [0.4, 0.5) is 0 Å². The van der Waals surface area contributed by atoms with E-state index in [0.29, 0.717) is 5.88 Å². The number of hydrogen-bond acceptors (Lipinski definition) is 1. The molecule has 1 aromatic rings. The lowest BCUT2D eigenvalue weighted by Gasteiger charge is -2.01. The summed E-state index contributed by atoms with van der Waals surface area (Å²) in [5, 5.41) is 3.97. The van der Waals surface area contributed by atoms with Crippen LogP contribution in [0.5, 0.6) is 0 Å². The van der Waals surface area contributed by atoms with Gasteiger partial charge in [-0.3, -0.25) is 0 Å². The van der Waals surface area contributed by atoms with Gasteiger partial charge in [-0.25, -0.2) is 0 Å². The summed E-state index contributed by atoms with van der Waals surface area (Å²) in [6, 6.07) is 7.78. The standard InChI is InChI=1S/C9H11Cl2N/c10-5-6-12-7-8-1-3-9(11)4-2-8/h1-4,12H,5-7H2. The lowest BCUT2D eigenvalue weighted by atomic mass is 10.2. The third kappa shape index (κ3) is 3.44. The number of nitrogens with one attached hydrogen (secondary N) is 1. The highest BCUT2D eigenvalue weighted by Gasteiger charge is 1.91. The van der Waals surface area contributed by atoms with Crippen LogP contribution in [-0.2, 0) is 6.54 Å². The van der Waals surface area contributed by atoms with E-state index in [9.17, 15) is 0 Å². The van der Waals surface area contributed by atoms with Gasteiger partial charge in [-0.1, -0.05) is 23.7 Å². The highest BCUT2D eigenvalue weighted by atomic mass is 35.5. The minimum atomic E-state index is 0.646. The summed E-state index contributed by atoms with van der Waals surface area (Å²) >= 11 is 11.2. The Hall–Kier alpha value is -0.240. The molecule has 0 aliphatic rings. The molecule has 0 amide bonds. The quantitative estimate of drug-likeness (QED) is 0.587. The molecule has 0 unspecified atom stereocenters. The van der Waals surface area contributed by atoms with E-state index in [4.69, 9.17) is 23.2 Å². The fourth-order valence-electron chi connectivity index (χ4n) is 0.902. The van der Waals surface area contributed by atoms with Crippen LogP contribution in [0.15, 0.2) is 24.3 Å². The molecule has 12 heavy (non-hydrogen) atoms. The predicted octanol–water partition coefficient (Wildman–Crippen LogP) is 2.67. The van der Waals surface area contributed by atoms with Crippen LogP contribution >= 0.6 is 23.2 Å². The van der Waals surface area contributed by atoms with Crippen molar-refractivity contribution in [2.45, 2.75) is 6.54 Å². The summed E-state index contributed by atoms with van der Waals surface area (Å²) in [6.07, 6.45) is 0. The zero-order chi connectivity index (χ0) is 8.81. The third-order valence-electron chi connectivity index (χ3n) is 1.51. The van der Waals surface area contributed by atoms with E-state index in [1.165, 1.54) is 5.56 Å². The van der Waals surface area contributed by atoms with E-state index in [2.05, 4.69) is 5.32 Å². The van der Waals surface area contributed by atoms with Crippen LogP contribution in [0.2, 0.25) is 5.02 Å². The molecule has 0 atom stereocenters. The van der Waals surface area contributed by atoms with Gasteiger partial charge in [0.05, 0.1) is 0 Å². The summed E-state index contributed by atoms with van der Waals surface area (Å²) in [6.45, 7) is 1.69. The zero-order valence-electron chi connectivity index (χ0n) is 6.69. The Morgan fingerprint density at radius 3 is 2.42 bits per heavy atom. The largest absolute Gasteiger partial charge is 0.311 e. The Morgan fingerprint density at radius 1 is 1.17 bits per heavy atom. The van der Waals surface area contributed by atoms with Crippen molar-refractivity contribution in [2.75, 3.05) is 12.4 Å². The van der Waals surface area contributed by atoms with E-state index in [1.807, 2.05) is 24.3 Å². The average molecular weight is 204 g/mol.